The summed E-state index contributed by atoms with van der Waals surface area (Å²) < 4.78 is 49.6. The van der Waals surface area contributed by atoms with E-state index in [1.54, 1.807) is 18.2 Å². The second-order valence-corrected chi connectivity index (χ2v) is 4.89. The summed E-state index contributed by atoms with van der Waals surface area (Å²) in [5.41, 5.74) is 0.0369. The van der Waals surface area contributed by atoms with Gasteiger partial charge in [0.2, 0.25) is 0 Å². The maximum atomic E-state index is 13.5. The van der Waals surface area contributed by atoms with Crippen LogP contribution in [0.1, 0.15) is 5.56 Å². The number of rotatable bonds is 7. The van der Waals surface area contributed by atoms with Crippen LogP contribution in [0, 0.1) is 17.5 Å². The molecule has 2 rings (SSSR count). The Morgan fingerprint density at radius 1 is 1.12 bits per heavy atom. The Bertz CT molecular complexity index is 828. The van der Waals surface area contributed by atoms with E-state index < -0.39 is 35.7 Å². The molecule has 0 atom stereocenters. The molecule has 2 aromatic carbocycles. The Kier molecular flexibility index (Phi) is 6.42. The molecule has 0 spiro atoms. The van der Waals surface area contributed by atoms with Crippen molar-refractivity contribution >= 4 is 17.8 Å². The van der Waals surface area contributed by atoms with Crippen LogP contribution in [0.3, 0.4) is 0 Å². The van der Waals surface area contributed by atoms with Crippen molar-refractivity contribution in [2.75, 3.05) is 26.1 Å². The van der Waals surface area contributed by atoms with E-state index in [-0.39, 0.29) is 0 Å². The van der Waals surface area contributed by atoms with Crippen LogP contribution in [0.4, 0.5) is 18.9 Å². The molecule has 0 bridgehead atoms. The number of benzene rings is 2. The monoisotopic (exact) mass is 368 g/mol. The largest absolute Gasteiger partial charge is 0.497 e. The molecule has 0 heterocycles. The maximum absolute atomic E-state index is 13.5. The molecule has 0 aromatic heterocycles. The highest BCUT2D eigenvalue weighted by Gasteiger charge is 2.15. The summed E-state index contributed by atoms with van der Waals surface area (Å²) in [4.78, 5) is 16.5. The first-order chi connectivity index (χ1) is 12.5. The number of oxime groups is 1. The fraction of sp³-hybridized carbons (Fsp3) is 0.176. The van der Waals surface area contributed by atoms with Gasteiger partial charge in [-0.1, -0.05) is 5.16 Å². The van der Waals surface area contributed by atoms with Gasteiger partial charge in [0.15, 0.2) is 24.1 Å². The van der Waals surface area contributed by atoms with Gasteiger partial charge >= 0.3 is 0 Å². The first-order valence-electron chi connectivity index (χ1n) is 7.27. The Labute approximate surface area is 147 Å². The number of methoxy groups -OCH3 is 2. The van der Waals surface area contributed by atoms with Gasteiger partial charge in [-0.2, -0.15) is 0 Å². The molecular formula is C17H15F3N2O4. The molecule has 0 unspecified atom stereocenters. The van der Waals surface area contributed by atoms with E-state index >= 15 is 0 Å². The third-order valence-electron chi connectivity index (χ3n) is 3.21. The van der Waals surface area contributed by atoms with E-state index in [9.17, 15) is 18.0 Å². The number of halogens is 3. The van der Waals surface area contributed by atoms with Gasteiger partial charge in [-0.05, 0) is 30.3 Å². The minimum Gasteiger partial charge on any atom is -0.497 e. The number of amides is 1. The summed E-state index contributed by atoms with van der Waals surface area (Å²) in [6.45, 7) is -0.568. The summed E-state index contributed by atoms with van der Waals surface area (Å²) in [5, 5.41) is 5.67. The average molecular weight is 368 g/mol. The molecule has 1 N–H and O–H groups in total. The molecule has 9 heteroatoms. The number of nitrogens with one attached hydrogen (secondary N) is 1. The number of hydrogen-bond acceptors (Lipinski definition) is 5. The van der Waals surface area contributed by atoms with Crippen molar-refractivity contribution in [3.63, 3.8) is 0 Å². The Morgan fingerprint density at radius 3 is 2.58 bits per heavy atom. The standard InChI is InChI=1S/C17H15F3N2O4/c1-24-11-3-6-14(25-2)10(7-11)8-21-26-9-15(23)22-13-5-4-12(18)16(19)17(13)20/h3-8H,9H2,1-2H3,(H,22,23)/b21-8-. The lowest BCUT2D eigenvalue weighted by Gasteiger charge is -2.07. The van der Waals surface area contributed by atoms with Crippen LogP contribution in [-0.2, 0) is 9.63 Å². The van der Waals surface area contributed by atoms with Gasteiger partial charge in [-0.15, -0.1) is 0 Å². The summed E-state index contributed by atoms with van der Waals surface area (Å²) in [7, 11) is 2.98. The quantitative estimate of drug-likeness (QED) is 0.463. The summed E-state index contributed by atoms with van der Waals surface area (Å²) >= 11 is 0. The lowest BCUT2D eigenvalue weighted by atomic mass is 10.2. The summed E-state index contributed by atoms with van der Waals surface area (Å²) in [5.74, 6) is -4.25. The van der Waals surface area contributed by atoms with Gasteiger partial charge in [-0.3, -0.25) is 4.79 Å². The molecule has 0 saturated heterocycles. The summed E-state index contributed by atoms with van der Waals surface area (Å²) in [6, 6.07) is 6.60. The van der Waals surface area contributed by atoms with Crippen LogP contribution in [0.25, 0.3) is 0 Å². The van der Waals surface area contributed by atoms with Crippen LogP contribution >= 0.6 is 0 Å². The first-order valence-corrected chi connectivity index (χ1v) is 7.27. The van der Waals surface area contributed by atoms with Gasteiger partial charge in [0.05, 0.1) is 26.1 Å². The number of anilines is 1. The number of nitrogens with zero attached hydrogens (tertiary/aromatic N) is 1. The van der Waals surface area contributed by atoms with Crippen LogP contribution in [0.2, 0.25) is 0 Å². The van der Waals surface area contributed by atoms with E-state index in [0.717, 1.165) is 6.07 Å². The second-order valence-electron chi connectivity index (χ2n) is 4.89. The van der Waals surface area contributed by atoms with E-state index in [1.165, 1.54) is 20.4 Å². The number of hydrogen-bond donors (Lipinski definition) is 1. The molecule has 0 radical (unpaired) electrons. The zero-order chi connectivity index (χ0) is 19.1. The van der Waals surface area contributed by atoms with Gasteiger partial charge in [0.1, 0.15) is 11.5 Å². The molecule has 138 valence electrons. The second kappa shape index (κ2) is 8.75. The number of ether oxygens (including phenoxy) is 2. The Balaban J connectivity index is 1.94. The van der Waals surface area contributed by atoms with E-state index in [4.69, 9.17) is 14.3 Å². The zero-order valence-corrected chi connectivity index (χ0v) is 13.9. The fourth-order valence-electron chi connectivity index (χ4n) is 1.94. The molecule has 0 saturated carbocycles. The molecule has 0 aliphatic carbocycles. The molecular weight excluding hydrogens is 353 g/mol. The van der Waals surface area contributed by atoms with Crippen molar-refractivity contribution < 1.29 is 32.3 Å². The Hall–Kier alpha value is -3.23. The van der Waals surface area contributed by atoms with Crippen LogP contribution in [0.15, 0.2) is 35.5 Å². The normalized spacial score (nSPS) is 10.7. The molecule has 0 aliphatic heterocycles. The van der Waals surface area contributed by atoms with Crippen LogP contribution in [0.5, 0.6) is 11.5 Å². The highest BCUT2D eigenvalue weighted by molar-refractivity contribution is 5.92. The predicted molar refractivity (Wildman–Crippen MR) is 88.0 cm³/mol. The smallest absolute Gasteiger partial charge is 0.265 e. The highest BCUT2D eigenvalue weighted by atomic mass is 19.2. The van der Waals surface area contributed by atoms with Crippen LogP contribution < -0.4 is 14.8 Å². The van der Waals surface area contributed by atoms with E-state index in [0.29, 0.717) is 23.1 Å². The number of carbonyl (C=O) groups excluding carboxylic acids is 1. The summed E-state index contributed by atoms with van der Waals surface area (Å²) in [6.07, 6.45) is 1.30. The highest BCUT2D eigenvalue weighted by Crippen LogP contribution is 2.22. The maximum Gasteiger partial charge on any atom is 0.265 e. The lowest BCUT2D eigenvalue weighted by Crippen LogP contribution is -2.18. The Morgan fingerprint density at radius 2 is 1.88 bits per heavy atom. The van der Waals surface area contributed by atoms with Crippen molar-refractivity contribution in [2.24, 2.45) is 5.16 Å². The van der Waals surface area contributed by atoms with Crippen molar-refractivity contribution in [1.29, 1.82) is 0 Å². The minimum absolute atomic E-state index is 0.504. The van der Waals surface area contributed by atoms with Gasteiger partial charge < -0.3 is 19.6 Å². The van der Waals surface area contributed by atoms with Crippen molar-refractivity contribution in [2.45, 2.75) is 0 Å². The average Bonchev–Trinajstić information content (AvgIpc) is 2.65. The molecule has 6 nitrogen and oxygen atoms in total. The predicted octanol–water partition coefficient (Wildman–Crippen LogP) is 3.11. The van der Waals surface area contributed by atoms with Gasteiger partial charge in [0, 0.05) is 5.56 Å². The van der Waals surface area contributed by atoms with Gasteiger partial charge in [-0.25, -0.2) is 13.2 Å². The van der Waals surface area contributed by atoms with Crippen molar-refractivity contribution in [3.05, 3.63) is 53.3 Å². The molecule has 26 heavy (non-hydrogen) atoms. The van der Waals surface area contributed by atoms with E-state index in [1.807, 2.05) is 0 Å². The minimum atomic E-state index is -1.67. The van der Waals surface area contributed by atoms with Crippen molar-refractivity contribution in [1.82, 2.24) is 0 Å². The van der Waals surface area contributed by atoms with Gasteiger partial charge in [0.25, 0.3) is 5.91 Å². The molecule has 0 fully saturated rings. The third-order valence-corrected chi connectivity index (χ3v) is 3.21. The fourth-order valence-corrected chi connectivity index (χ4v) is 1.94. The van der Waals surface area contributed by atoms with Crippen LogP contribution in [-0.4, -0.2) is 32.9 Å². The molecule has 1 amide bonds. The SMILES string of the molecule is COc1ccc(OC)c(/C=N\OCC(=O)Nc2ccc(F)c(F)c2F)c1. The topological polar surface area (TPSA) is 69.1 Å². The molecule has 2 aromatic rings. The third kappa shape index (κ3) is 4.65. The zero-order valence-electron chi connectivity index (χ0n) is 13.9. The molecule has 0 aliphatic rings. The lowest BCUT2D eigenvalue weighted by molar-refractivity contribution is -0.120. The van der Waals surface area contributed by atoms with Crippen molar-refractivity contribution in [3.8, 4) is 11.5 Å². The number of carbonyl (C=O) groups is 1. The van der Waals surface area contributed by atoms with E-state index in [2.05, 4.69) is 10.5 Å². The first kappa shape index (κ1) is 19.1.